The summed E-state index contributed by atoms with van der Waals surface area (Å²) in [6, 6.07) is 7.49. The quantitative estimate of drug-likeness (QED) is 0.736. The van der Waals surface area contributed by atoms with Crippen LogP contribution in [0.5, 0.6) is 0 Å². The van der Waals surface area contributed by atoms with E-state index in [1.54, 1.807) is 30.2 Å². The zero-order valence-corrected chi connectivity index (χ0v) is 13.0. The molecule has 112 valence electrons. The topological polar surface area (TPSA) is 59.3 Å². The van der Waals surface area contributed by atoms with Gasteiger partial charge >= 0.3 is 0 Å². The van der Waals surface area contributed by atoms with Crippen LogP contribution in [0.2, 0.25) is 0 Å². The van der Waals surface area contributed by atoms with E-state index in [1.165, 1.54) is 0 Å². The van der Waals surface area contributed by atoms with E-state index < -0.39 is 0 Å². The van der Waals surface area contributed by atoms with Crippen molar-refractivity contribution < 1.29 is 4.79 Å². The van der Waals surface area contributed by atoms with Crippen LogP contribution in [0.1, 0.15) is 22.8 Å². The minimum atomic E-state index is -0.0939. The zero-order chi connectivity index (χ0) is 15.4. The molecule has 0 spiro atoms. The minimum absolute atomic E-state index is 0.0939. The van der Waals surface area contributed by atoms with Crippen LogP contribution in [0.3, 0.4) is 0 Å². The fraction of sp³-hybridized carbons (Fsp3) is 0.188. The van der Waals surface area contributed by atoms with Crippen molar-refractivity contribution >= 4 is 23.3 Å². The second-order valence-corrected chi connectivity index (χ2v) is 6.01. The lowest BCUT2D eigenvalue weighted by molar-refractivity contribution is 0.0950. The van der Waals surface area contributed by atoms with Gasteiger partial charge in [0, 0.05) is 36.9 Å². The van der Waals surface area contributed by atoms with Crippen molar-refractivity contribution in [1.29, 1.82) is 0 Å². The summed E-state index contributed by atoms with van der Waals surface area (Å²) in [6.07, 6.45) is 7.25. The van der Waals surface area contributed by atoms with Gasteiger partial charge in [0.2, 0.25) is 0 Å². The molecule has 0 aliphatic carbocycles. The van der Waals surface area contributed by atoms with E-state index in [0.717, 1.165) is 22.0 Å². The smallest absolute Gasteiger partial charge is 0.251 e. The third-order valence-electron chi connectivity index (χ3n) is 3.20. The monoisotopic (exact) mass is 312 g/mol. The molecule has 0 radical (unpaired) electrons. The average molecular weight is 312 g/mol. The predicted octanol–water partition coefficient (Wildman–Crippen LogP) is 2.77. The Morgan fingerprint density at radius 1 is 1.23 bits per heavy atom. The summed E-state index contributed by atoms with van der Waals surface area (Å²) < 4.78 is 1.93. The van der Waals surface area contributed by atoms with Gasteiger partial charge in [0.05, 0.1) is 5.03 Å². The number of rotatable bonds is 5. The maximum atomic E-state index is 12.2. The summed E-state index contributed by atoms with van der Waals surface area (Å²) in [5.74, 6) is 0.839. The van der Waals surface area contributed by atoms with Crippen molar-refractivity contribution in [3.05, 3.63) is 60.2 Å². The van der Waals surface area contributed by atoms with Crippen molar-refractivity contribution in [3.63, 3.8) is 0 Å². The highest BCUT2D eigenvalue weighted by atomic mass is 32.2. The van der Waals surface area contributed by atoms with E-state index in [4.69, 9.17) is 0 Å². The zero-order valence-electron chi connectivity index (χ0n) is 12.2. The molecule has 0 aliphatic rings. The Bertz CT molecular complexity index is 799. The van der Waals surface area contributed by atoms with Crippen molar-refractivity contribution in [1.82, 2.24) is 19.7 Å². The Morgan fingerprint density at radius 2 is 2.14 bits per heavy atom. The molecule has 3 aromatic heterocycles. The third-order valence-corrected chi connectivity index (χ3v) is 4.01. The van der Waals surface area contributed by atoms with Crippen LogP contribution in [0.25, 0.3) is 5.65 Å². The molecule has 0 bridgehead atoms. The van der Waals surface area contributed by atoms with Crippen molar-refractivity contribution in [3.8, 4) is 0 Å². The largest absolute Gasteiger partial charge is 0.348 e. The number of hydrogen-bond acceptors (Lipinski definition) is 4. The highest BCUT2D eigenvalue weighted by molar-refractivity contribution is 7.99. The number of aromatic nitrogens is 3. The van der Waals surface area contributed by atoms with Gasteiger partial charge in [-0.1, -0.05) is 6.92 Å². The molecule has 3 rings (SSSR count). The first-order chi connectivity index (χ1) is 10.8. The molecular formula is C16H16N4OS. The highest BCUT2D eigenvalue weighted by Crippen LogP contribution is 2.15. The fourth-order valence-corrected chi connectivity index (χ4v) is 2.77. The van der Waals surface area contributed by atoms with E-state index in [9.17, 15) is 4.79 Å². The molecule has 0 fully saturated rings. The first-order valence-corrected chi connectivity index (χ1v) is 8.03. The number of imidazole rings is 1. The molecule has 3 aromatic rings. The van der Waals surface area contributed by atoms with Crippen LogP contribution < -0.4 is 5.32 Å². The molecule has 1 N–H and O–H groups in total. The van der Waals surface area contributed by atoms with Gasteiger partial charge in [0.1, 0.15) is 5.65 Å². The van der Waals surface area contributed by atoms with E-state index in [1.807, 2.05) is 35.0 Å². The second-order valence-electron chi connectivity index (χ2n) is 4.73. The Hall–Kier alpha value is -2.34. The summed E-state index contributed by atoms with van der Waals surface area (Å²) in [6.45, 7) is 2.53. The van der Waals surface area contributed by atoms with Crippen LogP contribution in [0.15, 0.2) is 54.1 Å². The molecule has 6 heteroatoms. The molecule has 3 heterocycles. The normalized spacial score (nSPS) is 10.8. The molecule has 0 saturated heterocycles. The molecule has 22 heavy (non-hydrogen) atoms. The maximum Gasteiger partial charge on any atom is 0.251 e. The Kier molecular flexibility index (Phi) is 4.39. The summed E-state index contributed by atoms with van der Waals surface area (Å²) in [4.78, 5) is 20.7. The number of fused-ring (bicyclic) bond motifs is 1. The Morgan fingerprint density at radius 3 is 3.00 bits per heavy atom. The lowest BCUT2D eigenvalue weighted by Crippen LogP contribution is -2.22. The molecule has 0 unspecified atom stereocenters. The molecule has 1 amide bonds. The van der Waals surface area contributed by atoms with Crippen molar-refractivity contribution in [2.24, 2.45) is 0 Å². The Labute approximate surface area is 132 Å². The number of hydrogen-bond donors (Lipinski definition) is 1. The minimum Gasteiger partial charge on any atom is -0.348 e. The number of nitrogens with zero attached hydrogens (tertiary/aromatic N) is 3. The van der Waals surface area contributed by atoms with Gasteiger partial charge in [-0.3, -0.25) is 4.79 Å². The molecule has 0 aromatic carbocycles. The number of pyridine rings is 2. The summed E-state index contributed by atoms with van der Waals surface area (Å²) >= 11 is 1.62. The summed E-state index contributed by atoms with van der Waals surface area (Å²) in [7, 11) is 0. The van der Waals surface area contributed by atoms with Crippen LogP contribution in [0, 0.1) is 0 Å². The van der Waals surface area contributed by atoms with Crippen LogP contribution >= 0.6 is 11.8 Å². The van der Waals surface area contributed by atoms with Gasteiger partial charge in [-0.05, 0) is 35.6 Å². The summed E-state index contributed by atoms with van der Waals surface area (Å²) in [5, 5.41) is 3.80. The fourth-order valence-electron chi connectivity index (χ4n) is 2.12. The van der Waals surface area contributed by atoms with Gasteiger partial charge in [0.25, 0.3) is 5.91 Å². The number of amides is 1. The predicted molar refractivity (Wildman–Crippen MR) is 87.0 cm³/mol. The van der Waals surface area contributed by atoms with E-state index >= 15 is 0 Å². The molecule has 5 nitrogen and oxygen atoms in total. The molecule has 0 aliphatic heterocycles. The Balaban J connectivity index is 1.67. The van der Waals surface area contributed by atoms with E-state index in [2.05, 4.69) is 22.2 Å². The maximum absolute atomic E-state index is 12.2. The van der Waals surface area contributed by atoms with Crippen LogP contribution in [0.4, 0.5) is 0 Å². The van der Waals surface area contributed by atoms with Gasteiger partial charge in [-0.25, -0.2) is 9.97 Å². The second kappa shape index (κ2) is 6.62. The van der Waals surface area contributed by atoms with Crippen LogP contribution in [-0.4, -0.2) is 26.0 Å². The van der Waals surface area contributed by atoms with Gasteiger partial charge in [-0.15, -0.1) is 11.8 Å². The highest BCUT2D eigenvalue weighted by Gasteiger charge is 2.07. The average Bonchev–Trinajstić information content (AvgIpc) is 3.01. The molecule has 0 atom stereocenters. The number of carbonyl (C=O) groups excluding carboxylic acids is 1. The van der Waals surface area contributed by atoms with Crippen molar-refractivity contribution in [2.45, 2.75) is 18.5 Å². The van der Waals surface area contributed by atoms with E-state index in [-0.39, 0.29) is 5.91 Å². The van der Waals surface area contributed by atoms with Crippen LogP contribution in [-0.2, 0) is 6.54 Å². The SMILES string of the molecule is CCSc1cc(C(=O)NCc2ccn3ccnc3c2)ccn1. The number of thioether (sulfide) groups is 1. The lowest BCUT2D eigenvalue weighted by Gasteiger charge is -2.07. The summed E-state index contributed by atoms with van der Waals surface area (Å²) in [5.41, 5.74) is 2.52. The van der Waals surface area contributed by atoms with Gasteiger partial charge < -0.3 is 9.72 Å². The lowest BCUT2D eigenvalue weighted by atomic mass is 10.2. The van der Waals surface area contributed by atoms with Gasteiger partial charge in [0.15, 0.2) is 0 Å². The van der Waals surface area contributed by atoms with E-state index in [0.29, 0.717) is 12.1 Å². The first-order valence-electron chi connectivity index (χ1n) is 7.05. The molecule has 0 saturated carbocycles. The first kappa shape index (κ1) is 14.6. The third kappa shape index (κ3) is 3.28. The standard InChI is InChI=1S/C16H16N4OS/c1-2-22-15-10-13(3-5-18-15)16(21)19-11-12-4-7-20-8-6-17-14(20)9-12/h3-10H,2,11H2,1H3,(H,19,21). The van der Waals surface area contributed by atoms with Crippen molar-refractivity contribution in [2.75, 3.05) is 5.75 Å². The number of nitrogens with one attached hydrogen (secondary N) is 1. The van der Waals surface area contributed by atoms with Gasteiger partial charge in [-0.2, -0.15) is 0 Å². The number of carbonyl (C=O) groups is 1. The molecular weight excluding hydrogens is 296 g/mol.